The molecule has 3 heteroatoms. The number of rotatable bonds is 4. The summed E-state index contributed by atoms with van der Waals surface area (Å²) >= 11 is 6.38. The van der Waals surface area contributed by atoms with Gasteiger partial charge in [0.15, 0.2) is 0 Å². The van der Waals surface area contributed by atoms with Crippen LogP contribution in [0.5, 0.6) is 0 Å². The Balaban J connectivity index is 1.83. The molecule has 1 aliphatic rings. The SMILES string of the molecule is N#Cc1cccc(-c2ccc(CNC3CC3)cc2Cl)c1. The molecule has 2 aromatic carbocycles. The number of nitriles is 1. The fraction of sp³-hybridized carbons (Fsp3) is 0.235. The Morgan fingerprint density at radius 1 is 1.20 bits per heavy atom. The van der Waals surface area contributed by atoms with Crippen LogP contribution < -0.4 is 5.32 Å². The summed E-state index contributed by atoms with van der Waals surface area (Å²) in [5.74, 6) is 0. The molecule has 0 unspecified atom stereocenters. The van der Waals surface area contributed by atoms with E-state index in [1.165, 1.54) is 18.4 Å². The van der Waals surface area contributed by atoms with E-state index in [-0.39, 0.29) is 0 Å². The van der Waals surface area contributed by atoms with E-state index < -0.39 is 0 Å². The van der Waals surface area contributed by atoms with E-state index in [0.717, 1.165) is 22.7 Å². The molecule has 3 rings (SSSR count). The van der Waals surface area contributed by atoms with E-state index in [1.54, 1.807) is 6.07 Å². The van der Waals surface area contributed by atoms with Gasteiger partial charge in [0.2, 0.25) is 0 Å². The van der Waals surface area contributed by atoms with Crippen molar-refractivity contribution >= 4 is 11.6 Å². The van der Waals surface area contributed by atoms with Crippen LogP contribution in [0.15, 0.2) is 42.5 Å². The summed E-state index contributed by atoms with van der Waals surface area (Å²) in [4.78, 5) is 0. The summed E-state index contributed by atoms with van der Waals surface area (Å²) in [7, 11) is 0. The molecular formula is C17H15ClN2. The summed E-state index contributed by atoms with van der Waals surface area (Å²) in [6.45, 7) is 0.864. The second-order valence-electron chi connectivity index (χ2n) is 5.16. The quantitative estimate of drug-likeness (QED) is 0.915. The second kappa shape index (κ2) is 5.66. The summed E-state index contributed by atoms with van der Waals surface area (Å²) in [6, 6.07) is 16.5. The van der Waals surface area contributed by atoms with Crippen molar-refractivity contribution in [3.05, 3.63) is 58.6 Å². The van der Waals surface area contributed by atoms with Crippen LogP contribution in [0.4, 0.5) is 0 Å². The Bertz CT molecular complexity index is 669. The fourth-order valence-electron chi connectivity index (χ4n) is 2.21. The molecule has 0 saturated heterocycles. The minimum atomic E-state index is 0.651. The van der Waals surface area contributed by atoms with Crippen molar-refractivity contribution in [3.63, 3.8) is 0 Å². The minimum absolute atomic E-state index is 0.651. The van der Waals surface area contributed by atoms with E-state index in [9.17, 15) is 0 Å². The van der Waals surface area contributed by atoms with Gasteiger partial charge in [0.05, 0.1) is 11.6 Å². The molecule has 0 amide bonds. The van der Waals surface area contributed by atoms with Crippen molar-refractivity contribution < 1.29 is 0 Å². The van der Waals surface area contributed by atoms with Gasteiger partial charge in [-0.3, -0.25) is 0 Å². The molecule has 0 aromatic heterocycles. The third-order valence-corrected chi connectivity index (χ3v) is 3.82. The van der Waals surface area contributed by atoms with Gasteiger partial charge in [0, 0.05) is 23.2 Å². The number of nitrogens with zero attached hydrogens (tertiary/aromatic N) is 1. The Morgan fingerprint density at radius 2 is 2.05 bits per heavy atom. The van der Waals surface area contributed by atoms with E-state index in [4.69, 9.17) is 16.9 Å². The maximum Gasteiger partial charge on any atom is 0.0991 e. The normalized spacial score (nSPS) is 14.0. The zero-order valence-electron chi connectivity index (χ0n) is 11.1. The molecule has 1 fully saturated rings. The Hall–Kier alpha value is -1.82. The molecule has 0 atom stereocenters. The first-order chi connectivity index (χ1) is 9.76. The summed E-state index contributed by atoms with van der Waals surface area (Å²) in [6.07, 6.45) is 2.57. The predicted molar refractivity (Wildman–Crippen MR) is 81.5 cm³/mol. The van der Waals surface area contributed by atoms with Crippen LogP contribution in [-0.2, 0) is 6.54 Å². The smallest absolute Gasteiger partial charge is 0.0991 e. The lowest BCUT2D eigenvalue weighted by Gasteiger charge is -2.08. The topological polar surface area (TPSA) is 35.8 Å². The molecule has 1 N–H and O–H groups in total. The van der Waals surface area contributed by atoms with E-state index in [1.807, 2.05) is 30.3 Å². The molecule has 20 heavy (non-hydrogen) atoms. The molecule has 0 radical (unpaired) electrons. The van der Waals surface area contributed by atoms with Crippen LogP contribution in [0.2, 0.25) is 5.02 Å². The van der Waals surface area contributed by atoms with Crippen molar-refractivity contribution in [1.82, 2.24) is 5.32 Å². The van der Waals surface area contributed by atoms with Crippen LogP contribution in [0.1, 0.15) is 24.0 Å². The third-order valence-electron chi connectivity index (χ3n) is 3.51. The Labute approximate surface area is 124 Å². The summed E-state index contributed by atoms with van der Waals surface area (Å²) in [5.41, 5.74) is 3.80. The standard InChI is InChI=1S/C17H15ClN2/c18-17-9-13(11-20-15-5-6-15)4-7-16(17)14-3-1-2-12(8-14)10-19/h1-4,7-9,15,20H,5-6,11H2. The van der Waals surface area contributed by atoms with Gasteiger partial charge in [0.1, 0.15) is 0 Å². The highest BCUT2D eigenvalue weighted by molar-refractivity contribution is 6.33. The number of hydrogen-bond acceptors (Lipinski definition) is 2. The Morgan fingerprint density at radius 3 is 2.75 bits per heavy atom. The van der Waals surface area contributed by atoms with Crippen LogP contribution >= 0.6 is 11.6 Å². The number of halogens is 1. The maximum absolute atomic E-state index is 8.96. The van der Waals surface area contributed by atoms with Gasteiger partial charge in [-0.25, -0.2) is 0 Å². The van der Waals surface area contributed by atoms with Gasteiger partial charge in [-0.2, -0.15) is 5.26 Å². The van der Waals surface area contributed by atoms with Crippen molar-refractivity contribution in [2.75, 3.05) is 0 Å². The largest absolute Gasteiger partial charge is 0.310 e. The van der Waals surface area contributed by atoms with E-state index >= 15 is 0 Å². The molecule has 100 valence electrons. The average molecular weight is 283 g/mol. The van der Waals surface area contributed by atoms with Gasteiger partial charge >= 0.3 is 0 Å². The molecular weight excluding hydrogens is 268 g/mol. The van der Waals surface area contributed by atoms with E-state index in [0.29, 0.717) is 11.6 Å². The third kappa shape index (κ3) is 3.01. The molecule has 0 aliphatic heterocycles. The first kappa shape index (κ1) is 13.2. The lowest BCUT2D eigenvalue weighted by molar-refractivity contribution is 0.688. The molecule has 0 bridgehead atoms. The van der Waals surface area contributed by atoms with Gasteiger partial charge in [-0.1, -0.05) is 35.9 Å². The van der Waals surface area contributed by atoms with Gasteiger partial charge < -0.3 is 5.32 Å². The zero-order valence-corrected chi connectivity index (χ0v) is 11.8. The van der Waals surface area contributed by atoms with Gasteiger partial charge in [0.25, 0.3) is 0 Å². The number of nitrogens with one attached hydrogen (secondary N) is 1. The lowest BCUT2D eigenvalue weighted by Crippen LogP contribution is -2.15. The molecule has 2 nitrogen and oxygen atoms in total. The average Bonchev–Trinajstić information content (AvgIpc) is 3.29. The van der Waals surface area contributed by atoms with Crippen molar-refractivity contribution in [1.29, 1.82) is 5.26 Å². The van der Waals surface area contributed by atoms with Crippen LogP contribution in [0.25, 0.3) is 11.1 Å². The van der Waals surface area contributed by atoms with Crippen molar-refractivity contribution in [2.24, 2.45) is 0 Å². The van der Waals surface area contributed by atoms with Crippen LogP contribution in [0, 0.1) is 11.3 Å². The molecule has 2 aromatic rings. The summed E-state index contributed by atoms with van der Waals surface area (Å²) < 4.78 is 0. The fourth-order valence-corrected chi connectivity index (χ4v) is 2.52. The van der Waals surface area contributed by atoms with Gasteiger partial charge in [-0.05, 0) is 42.2 Å². The number of hydrogen-bond donors (Lipinski definition) is 1. The zero-order chi connectivity index (χ0) is 13.9. The van der Waals surface area contributed by atoms with Gasteiger partial charge in [-0.15, -0.1) is 0 Å². The monoisotopic (exact) mass is 282 g/mol. The summed E-state index contributed by atoms with van der Waals surface area (Å²) in [5, 5.41) is 13.2. The molecule has 1 aliphatic carbocycles. The second-order valence-corrected chi connectivity index (χ2v) is 5.57. The minimum Gasteiger partial charge on any atom is -0.310 e. The first-order valence-corrected chi connectivity index (χ1v) is 7.16. The number of benzene rings is 2. The van der Waals surface area contributed by atoms with Crippen molar-refractivity contribution in [2.45, 2.75) is 25.4 Å². The predicted octanol–water partition coefficient (Wildman–Crippen LogP) is 4.13. The highest BCUT2D eigenvalue weighted by Gasteiger charge is 2.20. The maximum atomic E-state index is 8.96. The van der Waals surface area contributed by atoms with Crippen LogP contribution in [-0.4, -0.2) is 6.04 Å². The molecule has 0 heterocycles. The first-order valence-electron chi connectivity index (χ1n) is 6.78. The Kier molecular flexibility index (Phi) is 3.73. The van der Waals surface area contributed by atoms with Crippen LogP contribution in [0.3, 0.4) is 0 Å². The van der Waals surface area contributed by atoms with Crippen molar-refractivity contribution in [3.8, 4) is 17.2 Å². The molecule has 0 spiro atoms. The highest BCUT2D eigenvalue weighted by Crippen LogP contribution is 2.29. The highest BCUT2D eigenvalue weighted by atomic mass is 35.5. The lowest BCUT2D eigenvalue weighted by atomic mass is 10.0. The molecule has 1 saturated carbocycles. The van der Waals surface area contributed by atoms with E-state index in [2.05, 4.69) is 17.5 Å².